The van der Waals surface area contributed by atoms with Crippen LogP contribution < -0.4 is 5.32 Å². The molecule has 0 bridgehead atoms. The number of nitrogens with zero attached hydrogens (tertiary/aromatic N) is 3. The van der Waals surface area contributed by atoms with Gasteiger partial charge >= 0.3 is 0 Å². The summed E-state index contributed by atoms with van der Waals surface area (Å²) in [4.78, 5) is 2.02. The minimum Gasteiger partial charge on any atom is -0.384 e. The molecule has 7 nitrogen and oxygen atoms in total. The van der Waals surface area contributed by atoms with E-state index in [0.717, 1.165) is 36.0 Å². The summed E-state index contributed by atoms with van der Waals surface area (Å²) < 4.78 is 33.0. The topological polar surface area (TPSA) is 94.4 Å². The van der Waals surface area contributed by atoms with E-state index in [2.05, 4.69) is 40.6 Å². The van der Waals surface area contributed by atoms with Crippen molar-refractivity contribution in [2.75, 3.05) is 32.5 Å². The molecule has 34 heavy (non-hydrogen) atoms. The highest BCUT2D eigenvalue weighted by molar-refractivity contribution is 7.86. The van der Waals surface area contributed by atoms with Crippen LogP contribution in [0.3, 0.4) is 0 Å². The molecule has 0 unspecified atom stereocenters. The zero-order chi connectivity index (χ0) is 23.4. The molecule has 178 valence electrons. The van der Waals surface area contributed by atoms with E-state index < -0.39 is 10.1 Å². The van der Waals surface area contributed by atoms with Crippen molar-refractivity contribution in [2.24, 2.45) is 10.2 Å². The van der Waals surface area contributed by atoms with Crippen LogP contribution in [0, 0.1) is 0 Å². The molecule has 0 aromatic heterocycles. The summed E-state index contributed by atoms with van der Waals surface area (Å²) in [5.41, 5.74) is 2.28. The lowest BCUT2D eigenvalue weighted by Crippen LogP contribution is -2.16. The van der Waals surface area contributed by atoms with Gasteiger partial charge in [0, 0.05) is 33.8 Å². The quantitative estimate of drug-likeness (QED) is 0.165. The van der Waals surface area contributed by atoms with Gasteiger partial charge in [-0.25, -0.2) is 0 Å². The van der Waals surface area contributed by atoms with Crippen molar-refractivity contribution in [1.82, 2.24) is 4.90 Å². The lowest BCUT2D eigenvalue weighted by atomic mass is 10.1. The molecular formula is C25H27ClN4O3S. The van der Waals surface area contributed by atoms with Crippen LogP contribution in [0.25, 0.3) is 21.5 Å². The van der Waals surface area contributed by atoms with E-state index in [1.165, 1.54) is 6.07 Å². The Balaban J connectivity index is 0.00000324. The molecule has 0 saturated carbocycles. The summed E-state index contributed by atoms with van der Waals surface area (Å²) in [5.74, 6) is 0. The predicted molar refractivity (Wildman–Crippen MR) is 141 cm³/mol. The highest BCUT2D eigenvalue weighted by Crippen LogP contribution is 2.35. The second kappa shape index (κ2) is 10.9. The molecule has 0 amide bonds. The summed E-state index contributed by atoms with van der Waals surface area (Å²) in [5, 5.41) is 15.4. The highest BCUT2D eigenvalue weighted by Gasteiger charge is 2.15. The molecule has 4 rings (SSSR count). The highest BCUT2D eigenvalue weighted by atomic mass is 35.5. The molecule has 0 aliphatic rings. The Morgan fingerprint density at radius 3 is 1.91 bits per heavy atom. The number of nitrogens with one attached hydrogen (secondary N) is 1. The number of fused-ring (bicyclic) bond motifs is 2. The van der Waals surface area contributed by atoms with Crippen LogP contribution >= 0.6 is 12.4 Å². The van der Waals surface area contributed by atoms with Gasteiger partial charge in [0.1, 0.15) is 4.90 Å². The van der Waals surface area contributed by atoms with Gasteiger partial charge in [0.15, 0.2) is 0 Å². The first-order valence-corrected chi connectivity index (χ1v) is 12.1. The number of anilines is 1. The van der Waals surface area contributed by atoms with E-state index >= 15 is 0 Å². The van der Waals surface area contributed by atoms with Gasteiger partial charge in [0.05, 0.1) is 11.4 Å². The smallest absolute Gasteiger partial charge is 0.295 e. The van der Waals surface area contributed by atoms with E-state index in [-0.39, 0.29) is 17.3 Å². The second-order valence-electron chi connectivity index (χ2n) is 8.06. The normalized spacial score (nSPS) is 11.9. The van der Waals surface area contributed by atoms with Crippen LogP contribution in [0.2, 0.25) is 0 Å². The Morgan fingerprint density at radius 1 is 0.794 bits per heavy atom. The lowest BCUT2D eigenvalue weighted by molar-refractivity contribution is 0.405. The van der Waals surface area contributed by atoms with Crippen LogP contribution in [-0.4, -0.2) is 45.1 Å². The van der Waals surface area contributed by atoms with E-state index in [1.807, 2.05) is 30.3 Å². The Labute approximate surface area is 205 Å². The fourth-order valence-electron chi connectivity index (χ4n) is 3.82. The van der Waals surface area contributed by atoms with E-state index in [4.69, 9.17) is 0 Å². The van der Waals surface area contributed by atoms with Crippen molar-refractivity contribution in [3.63, 3.8) is 0 Å². The molecule has 0 heterocycles. The van der Waals surface area contributed by atoms with Crippen molar-refractivity contribution in [3.8, 4) is 0 Å². The standard InChI is InChI=1S/C25H26N4O3S.ClH/c1-29(2)17-7-16-26-22-12-13-23(19-9-4-3-8-18(19)22)27-28-24-14-15-25(33(30,31)32)21-11-6-5-10-20(21)24;/h3-6,8-15,26H,7,16-17H2,1-2H3,(H,30,31,32);1H. The van der Waals surface area contributed by atoms with Gasteiger partial charge in [-0.05, 0) is 51.3 Å². The first-order valence-electron chi connectivity index (χ1n) is 10.7. The van der Waals surface area contributed by atoms with Crippen LogP contribution in [0.15, 0.2) is 87.9 Å². The Kier molecular flexibility index (Phi) is 8.22. The van der Waals surface area contributed by atoms with Gasteiger partial charge in [0.2, 0.25) is 0 Å². The Bertz CT molecular complexity index is 1440. The van der Waals surface area contributed by atoms with Gasteiger partial charge < -0.3 is 10.2 Å². The minimum absolute atomic E-state index is 0. The van der Waals surface area contributed by atoms with Gasteiger partial charge in [0.25, 0.3) is 10.1 Å². The van der Waals surface area contributed by atoms with E-state index in [0.29, 0.717) is 22.1 Å². The Morgan fingerprint density at radius 2 is 1.32 bits per heavy atom. The number of benzene rings is 4. The fraction of sp³-hybridized carbons (Fsp3) is 0.200. The van der Waals surface area contributed by atoms with Gasteiger partial charge in [-0.1, -0.05) is 48.5 Å². The minimum atomic E-state index is -4.34. The summed E-state index contributed by atoms with van der Waals surface area (Å²) in [6.07, 6.45) is 1.04. The summed E-state index contributed by atoms with van der Waals surface area (Å²) in [7, 11) is -0.215. The van der Waals surface area contributed by atoms with Crippen molar-refractivity contribution in [1.29, 1.82) is 0 Å². The lowest BCUT2D eigenvalue weighted by Gasteiger charge is -2.13. The maximum absolute atomic E-state index is 11.7. The van der Waals surface area contributed by atoms with Gasteiger partial charge in [-0.2, -0.15) is 8.42 Å². The molecular weight excluding hydrogens is 472 g/mol. The maximum atomic E-state index is 11.7. The van der Waals surface area contributed by atoms with Crippen LogP contribution in [0.1, 0.15) is 6.42 Å². The largest absolute Gasteiger partial charge is 0.384 e. The number of hydrogen-bond acceptors (Lipinski definition) is 6. The molecule has 2 N–H and O–H groups in total. The van der Waals surface area contributed by atoms with Gasteiger partial charge in [-0.15, -0.1) is 22.6 Å². The summed E-state index contributed by atoms with van der Waals surface area (Å²) in [6, 6.07) is 21.8. The SMILES string of the molecule is CN(C)CCCNc1ccc(N=Nc2ccc(S(=O)(=O)O)c3ccccc23)c2ccccc12.Cl. The molecule has 0 spiro atoms. The van der Waals surface area contributed by atoms with Crippen LogP contribution in [-0.2, 0) is 10.1 Å². The van der Waals surface area contributed by atoms with Crippen LogP contribution in [0.5, 0.6) is 0 Å². The molecule has 0 aliphatic heterocycles. The number of rotatable bonds is 8. The average Bonchev–Trinajstić information content (AvgIpc) is 2.80. The second-order valence-corrected chi connectivity index (χ2v) is 9.45. The zero-order valence-electron chi connectivity index (χ0n) is 19.0. The van der Waals surface area contributed by atoms with Crippen molar-refractivity contribution in [3.05, 3.63) is 72.8 Å². The first-order chi connectivity index (χ1) is 15.8. The number of azo groups is 1. The van der Waals surface area contributed by atoms with E-state index in [1.54, 1.807) is 30.3 Å². The third-order valence-corrected chi connectivity index (χ3v) is 6.31. The summed E-state index contributed by atoms with van der Waals surface area (Å²) in [6.45, 7) is 1.89. The average molecular weight is 499 g/mol. The van der Waals surface area contributed by atoms with Crippen LogP contribution in [0.4, 0.5) is 17.1 Å². The molecule has 0 radical (unpaired) electrons. The number of hydrogen-bond donors (Lipinski definition) is 2. The summed E-state index contributed by atoms with van der Waals surface area (Å²) >= 11 is 0. The molecule has 0 aliphatic carbocycles. The molecule has 9 heteroatoms. The first kappa shape index (κ1) is 25.6. The molecule has 4 aromatic rings. The van der Waals surface area contributed by atoms with Crippen molar-refractivity contribution < 1.29 is 13.0 Å². The third-order valence-electron chi connectivity index (χ3n) is 5.40. The third kappa shape index (κ3) is 5.71. The Hall–Kier alpha value is -3.04. The zero-order valence-corrected chi connectivity index (χ0v) is 20.6. The van der Waals surface area contributed by atoms with Crippen molar-refractivity contribution in [2.45, 2.75) is 11.3 Å². The maximum Gasteiger partial charge on any atom is 0.295 e. The molecule has 0 fully saturated rings. The van der Waals surface area contributed by atoms with E-state index in [9.17, 15) is 13.0 Å². The fourth-order valence-corrected chi connectivity index (χ4v) is 4.51. The van der Waals surface area contributed by atoms with Gasteiger partial charge in [-0.3, -0.25) is 4.55 Å². The molecule has 0 atom stereocenters. The monoisotopic (exact) mass is 498 g/mol. The van der Waals surface area contributed by atoms with Crippen molar-refractivity contribution >= 4 is 61.1 Å². The predicted octanol–water partition coefficient (Wildman–Crippen LogP) is 6.44. The number of halogens is 1. The molecule has 4 aromatic carbocycles. The molecule has 0 saturated heterocycles.